The number of rotatable bonds is 10. The Kier molecular flexibility index (Phi) is 8.41. The number of esters is 1. The number of aliphatic carboxylic acids is 1. The highest BCUT2D eigenvalue weighted by Gasteiger charge is 2.25. The van der Waals surface area contributed by atoms with E-state index in [4.69, 9.17) is 21.0 Å². The molecule has 0 aliphatic rings. The van der Waals surface area contributed by atoms with Gasteiger partial charge in [0.25, 0.3) is 0 Å². The molecule has 0 bridgehead atoms. The third-order valence-electron chi connectivity index (χ3n) is 4.35. The molecule has 172 valence electrons. The molecule has 0 aliphatic heterocycles. The van der Waals surface area contributed by atoms with E-state index in [1.54, 1.807) is 13.0 Å². The quantitative estimate of drug-likeness (QED) is 0.0976. The number of amidine groups is 1. The zero-order chi connectivity index (χ0) is 24.0. The normalized spacial score (nSPS) is 12.8. The van der Waals surface area contributed by atoms with Crippen molar-refractivity contribution in [1.82, 2.24) is 5.32 Å². The molecule has 12 heteroatoms. The molecule has 2 atom stereocenters. The van der Waals surface area contributed by atoms with Gasteiger partial charge < -0.3 is 31.1 Å². The topological polar surface area (TPSA) is 183 Å². The lowest BCUT2D eigenvalue weighted by atomic mass is 10.0. The molecule has 0 radical (unpaired) electrons. The highest BCUT2D eigenvalue weighted by atomic mass is 32.1. The Balaban J connectivity index is 1.99. The van der Waals surface area contributed by atoms with E-state index in [2.05, 4.69) is 5.32 Å². The lowest BCUT2D eigenvalue weighted by molar-refractivity contribution is -0.143. The molecule has 0 spiro atoms. The average molecular weight is 467 g/mol. The second-order valence-electron chi connectivity index (χ2n) is 6.95. The van der Waals surface area contributed by atoms with Gasteiger partial charge in [-0.05, 0) is 36.8 Å². The lowest BCUT2D eigenvalue weighted by Gasteiger charge is -2.20. The minimum absolute atomic E-state index is 0.146. The van der Waals surface area contributed by atoms with Crippen molar-refractivity contribution in [3.05, 3.63) is 51.5 Å². The summed E-state index contributed by atoms with van der Waals surface area (Å²) in [5, 5.41) is 36.8. The predicted octanol–water partition coefficient (Wildman–Crippen LogP) is 0.839. The van der Waals surface area contributed by atoms with Gasteiger partial charge in [-0.25, -0.2) is 9.18 Å². The van der Waals surface area contributed by atoms with E-state index in [1.165, 1.54) is 18.2 Å². The zero-order valence-electron chi connectivity index (χ0n) is 16.9. The van der Waals surface area contributed by atoms with E-state index in [-0.39, 0.29) is 28.4 Å². The van der Waals surface area contributed by atoms with Crippen molar-refractivity contribution in [2.75, 3.05) is 0 Å². The van der Waals surface area contributed by atoms with Crippen LogP contribution in [0.3, 0.4) is 0 Å². The van der Waals surface area contributed by atoms with Gasteiger partial charge in [0.15, 0.2) is 17.9 Å². The van der Waals surface area contributed by atoms with Crippen LogP contribution in [0.25, 0.3) is 0 Å². The molecule has 1 aromatic carbocycles. The van der Waals surface area contributed by atoms with Gasteiger partial charge >= 0.3 is 11.9 Å². The number of carbonyl (C=O) groups excluding carboxylic acids is 2. The van der Waals surface area contributed by atoms with Gasteiger partial charge in [0.1, 0.15) is 10.7 Å². The van der Waals surface area contributed by atoms with Crippen LogP contribution in [0.5, 0.6) is 5.75 Å². The van der Waals surface area contributed by atoms with Crippen molar-refractivity contribution in [2.24, 2.45) is 11.7 Å². The Morgan fingerprint density at radius 1 is 1.25 bits per heavy atom. The van der Waals surface area contributed by atoms with Crippen LogP contribution in [0.4, 0.5) is 4.39 Å². The molecule has 10 nitrogen and oxygen atoms in total. The summed E-state index contributed by atoms with van der Waals surface area (Å²) >= 11 is 1.03. The molecule has 1 amide bonds. The van der Waals surface area contributed by atoms with Gasteiger partial charge in [0.05, 0.1) is 12.5 Å². The summed E-state index contributed by atoms with van der Waals surface area (Å²) in [6.45, 7) is 1.56. The van der Waals surface area contributed by atoms with E-state index in [0.717, 1.165) is 17.4 Å². The Morgan fingerprint density at radius 3 is 2.50 bits per heavy atom. The van der Waals surface area contributed by atoms with Crippen molar-refractivity contribution in [1.29, 1.82) is 5.41 Å². The van der Waals surface area contributed by atoms with Crippen LogP contribution in [-0.4, -0.2) is 51.3 Å². The molecular formula is C20H22FN3O7S. The van der Waals surface area contributed by atoms with Crippen molar-refractivity contribution in [3.8, 4) is 5.75 Å². The number of aliphatic hydroxyl groups is 2. The van der Waals surface area contributed by atoms with Gasteiger partial charge in [-0.15, -0.1) is 11.3 Å². The lowest BCUT2D eigenvalue weighted by Crippen LogP contribution is -2.46. The van der Waals surface area contributed by atoms with Crippen molar-refractivity contribution in [2.45, 2.75) is 32.1 Å². The van der Waals surface area contributed by atoms with Crippen molar-refractivity contribution >= 4 is 35.0 Å². The van der Waals surface area contributed by atoms with Crippen LogP contribution in [0, 0.1) is 17.1 Å². The molecule has 0 saturated heterocycles. The molecule has 2 rings (SSSR count). The van der Waals surface area contributed by atoms with Gasteiger partial charge in [0, 0.05) is 16.4 Å². The minimum Gasteiger partial charge on any atom is -0.481 e. The van der Waals surface area contributed by atoms with E-state index in [1.807, 2.05) is 0 Å². The fraction of sp³-hybridized carbons (Fsp3) is 0.300. The fourth-order valence-electron chi connectivity index (χ4n) is 2.64. The molecule has 2 aromatic rings. The number of halogens is 1. The molecule has 1 heterocycles. The van der Waals surface area contributed by atoms with Crippen LogP contribution >= 0.6 is 11.3 Å². The second-order valence-corrected chi connectivity index (χ2v) is 8.11. The number of benzene rings is 1. The fourth-order valence-corrected chi connectivity index (χ4v) is 3.65. The van der Waals surface area contributed by atoms with Crippen LogP contribution in [-0.2, 0) is 16.0 Å². The monoisotopic (exact) mass is 467 g/mol. The standard InChI is InChI=1S/C20H22FN3O7S/c1-9(18(27)24-13(19(28)29)8-16(25)26)6-11-3-5-15(32-11)20(30)31-14-4-2-10(17(22)23)7-12(14)21/h2-5,7,9,13,19,28-29H,6,8H2,1H3,(H3,22,23)(H,24,27)(H,25,26)/t9?,13-/m1/s1. The first-order chi connectivity index (χ1) is 15.0. The maximum Gasteiger partial charge on any atom is 0.353 e. The number of nitrogens with one attached hydrogen (secondary N) is 2. The summed E-state index contributed by atoms with van der Waals surface area (Å²) in [5.74, 6) is -4.86. The molecule has 32 heavy (non-hydrogen) atoms. The Labute approximate surface area is 185 Å². The summed E-state index contributed by atoms with van der Waals surface area (Å²) < 4.78 is 19.1. The summed E-state index contributed by atoms with van der Waals surface area (Å²) in [4.78, 5) is 36.1. The largest absolute Gasteiger partial charge is 0.481 e. The number of nitrogen functional groups attached to an aromatic ring is 1. The number of ether oxygens (including phenoxy) is 1. The highest BCUT2D eigenvalue weighted by Crippen LogP contribution is 2.24. The third-order valence-corrected chi connectivity index (χ3v) is 5.43. The number of carboxylic acid groups (broad SMARTS) is 1. The summed E-state index contributed by atoms with van der Waals surface area (Å²) in [7, 11) is 0. The maximum atomic E-state index is 14.0. The first-order valence-corrected chi connectivity index (χ1v) is 10.1. The van der Waals surface area contributed by atoms with E-state index >= 15 is 0 Å². The number of aliphatic hydroxyl groups excluding tert-OH is 1. The number of hydrogen-bond acceptors (Lipinski definition) is 8. The molecule has 0 aliphatic carbocycles. The summed E-state index contributed by atoms with van der Waals surface area (Å²) in [6, 6.07) is 5.20. The first kappa shape index (κ1) is 24.9. The number of carbonyl (C=O) groups is 3. The third kappa shape index (κ3) is 6.83. The van der Waals surface area contributed by atoms with Crippen LogP contribution in [0.2, 0.25) is 0 Å². The number of hydrogen-bond donors (Lipinski definition) is 6. The second kappa shape index (κ2) is 10.8. The number of amides is 1. The zero-order valence-corrected chi connectivity index (χ0v) is 17.7. The highest BCUT2D eigenvalue weighted by molar-refractivity contribution is 7.13. The summed E-state index contributed by atoms with van der Waals surface area (Å²) in [6.07, 6.45) is -2.50. The van der Waals surface area contributed by atoms with Crippen LogP contribution in [0.15, 0.2) is 30.3 Å². The Morgan fingerprint density at radius 2 is 1.94 bits per heavy atom. The Hall–Kier alpha value is -3.35. The molecule has 7 N–H and O–H groups in total. The van der Waals surface area contributed by atoms with E-state index < -0.39 is 48.3 Å². The van der Waals surface area contributed by atoms with Crippen molar-refractivity contribution < 1.29 is 38.8 Å². The molecule has 1 unspecified atom stereocenters. The molecule has 0 saturated carbocycles. The van der Waals surface area contributed by atoms with Crippen LogP contribution in [0.1, 0.15) is 33.5 Å². The van der Waals surface area contributed by atoms with E-state index in [0.29, 0.717) is 4.88 Å². The van der Waals surface area contributed by atoms with Gasteiger partial charge in [-0.3, -0.25) is 15.0 Å². The number of thiophene rings is 1. The predicted molar refractivity (Wildman–Crippen MR) is 112 cm³/mol. The van der Waals surface area contributed by atoms with Crippen molar-refractivity contribution in [3.63, 3.8) is 0 Å². The first-order valence-electron chi connectivity index (χ1n) is 9.31. The minimum atomic E-state index is -2.03. The molecule has 1 aromatic heterocycles. The SMILES string of the molecule is CC(Cc1ccc(C(=O)Oc2ccc(C(=N)N)cc2F)s1)C(=O)N[C@H](CC(=O)O)C(O)O. The summed E-state index contributed by atoms with van der Waals surface area (Å²) in [5.41, 5.74) is 5.43. The average Bonchev–Trinajstić information content (AvgIpc) is 3.16. The number of carboxylic acids is 1. The smallest absolute Gasteiger partial charge is 0.353 e. The Bertz CT molecular complexity index is 1020. The molecule has 0 fully saturated rings. The van der Waals surface area contributed by atoms with Gasteiger partial charge in [-0.1, -0.05) is 6.92 Å². The molecular weight excluding hydrogens is 445 g/mol. The van der Waals surface area contributed by atoms with Crippen LogP contribution < -0.4 is 15.8 Å². The van der Waals surface area contributed by atoms with E-state index in [9.17, 15) is 29.0 Å². The van der Waals surface area contributed by atoms with Gasteiger partial charge in [-0.2, -0.15) is 0 Å². The maximum absolute atomic E-state index is 14.0. The van der Waals surface area contributed by atoms with Gasteiger partial charge in [0.2, 0.25) is 5.91 Å². The number of nitrogens with two attached hydrogens (primary N) is 1.